The van der Waals surface area contributed by atoms with Crippen molar-refractivity contribution < 1.29 is 28.6 Å². The molecule has 0 rings (SSSR count). The molecule has 6 heteroatoms. The van der Waals surface area contributed by atoms with Gasteiger partial charge in [-0.25, -0.2) is 0 Å². The van der Waals surface area contributed by atoms with Gasteiger partial charge in [0.2, 0.25) is 0 Å². The van der Waals surface area contributed by atoms with Crippen molar-refractivity contribution in [3.63, 3.8) is 0 Å². The number of carbonyl (C=O) groups excluding carboxylic acids is 3. The molecular formula is C75H130O6. The van der Waals surface area contributed by atoms with Crippen molar-refractivity contribution in [3.8, 4) is 0 Å². The zero-order valence-electron chi connectivity index (χ0n) is 53.5. The zero-order chi connectivity index (χ0) is 58.5. The summed E-state index contributed by atoms with van der Waals surface area (Å²) in [5.41, 5.74) is 0. The minimum Gasteiger partial charge on any atom is -0.462 e. The molecule has 0 heterocycles. The van der Waals surface area contributed by atoms with Gasteiger partial charge in [0.25, 0.3) is 0 Å². The Labute approximate surface area is 502 Å². The molecule has 0 saturated carbocycles. The van der Waals surface area contributed by atoms with E-state index < -0.39 is 6.10 Å². The average Bonchev–Trinajstić information content (AvgIpc) is 3.47. The summed E-state index contributed by atoms with van der Waals surface area (Å²) < 4.78 is 16.9. The number of allylic oxidation sites excluding steroid dienone is 16. The molecule has 0 aliphatic carbocycles. The van der Waals surface area contributed by atoms with Crippen LogP contribution in [0.1, 0.15) is 342 Å². The maximum absolute atomic E-state index is 12.9. The van der Waals surface area contributed by atoms with Crippen LogP contribution in [-0.2, 0) is 28.6 Å². The minimum absolute atomic E-state index is 0.0818. The van der Waals surface area contributed by atoms with Crippen molar-refractivity contribution in [1.82, 2.24) is 0 Å². The highest BCUT2D eigenvalue weighted by atomic mass is 16.6. The summed E-state index contributed by atoms with van der Waals surface area (Å²) in [6.07, 6.45) is 93.0. The monoisotopic (exact) mass is 1130 g/mol. The van der Waals surface area contributed by atoms with Crippen molar-refractivity contribution in [3.05, 3.63) is 97.2 Å². The number of unbranched alkanes of at least 4 members (excludes halogenated alkanes) is 36. The van der Waals surface area contributed by atoms with Crippen LogP contribution in [0.25, 0.3) is 0 Å². The van der Waals surface area contributed by atoms with E-state index >= 15 is 0 Å². The molecule has 0 amide bonds. The lowest BCUT2D eigenvalue weighted by Crippen LogP contribution is -2.30. The Balaban J connectivity index is 4.23. The lowest BCUT2D eigenvalue weighted by molar-refractivity contribution is -0.167. The molecular weight excluding hydrogens is 997 g/mol. The molecule has 1 unspecified atom stereocenters. The van der Waals surface area contributed by atoms with E-state index in [0.29, 0.717) is 19.3 Å². The highest BCUT2D eigenvalue weighted by molar-refractivity contribution is 5.71. The Hall–Kier alpha value is -3.67. The van der Waals surface area contributed by atoms with Crippen molar-refractivity contribution in [1.29, 1.82) is 0 Å². The highest BCUT2D eigenvalue weighted by Crippen LogP contribution is 2.18. The predicted molar refractivity (Wildman–Crippen MR) is 353 cm³/mol. The molecule has 0 saturated heterocycles. The van der Waals surface area contributed by atoms with Crippen molar-refractivity contribution >= 4 is 17.9 Å². The van der Waals surface area contributed by atoms with Gasteiger partial charge in [-0.05, 0) is 83.5 Å². The Morgan fingerprint density at radius 3 is 0.753 bits per heavy atom. The molecule has 0 N–H and O–H groups in total. The van der Waals surface area contributed by atoms with Crippen LogP contribution in [0.5, 0.6) is 0 Å². The topological polar surface area (TPSA) is 78.9 Å². The van der Waals surface area contributed by atoms with Crippen molar-refractivity contribution in [2.75, 3.05) is 13.2 Å². The van der Waals surface area contributed by atoms with Crippen molar-refractivity contribution in [2.24, 2.45) is 0 Å². The first kappa shape index (κ1) is 77.3. The first-order chi connectivity index (χ1) is 40.0. The van der Waals surface area contributed by atoms with Gasteiger partial charge in [-0.1, -0.05) is 336 Å². The molecule has 0 aromatic rings. The lowest BCUT2D eigenvalue weighted by Gasteiger charge is -2.18. The van der Waals surface area contributed by atoms with Crippen LogP contribution in [0.3, 0.4) is 0 Å². The number of hydrogen-bond acceptors (Lipinski definition) is 6. The largest absolute Gasteiger partial charge is 0.462 e. The molecule has 0 fully saturated rings. The second-order valence-electron chi connectivity index (χ2n) is 23.1. The van der Waals surface area contributed by atoms with Crippen LogP contribution >= 0.6 is 0 Å². The van der Waals surface area contributed by atoms with Crippen LogP contribution in [-0.4, -0.2) is 37.2 Å². The summed E-state index contributed by atoms with van der Waals surface area (Å²) in [4.78, 5) is 38.3. The molecule has 466 valence electrons. The van der Waals surface area contributed by atoms with Gasteiger partial charge in [-0.15, -0.1) is 0 Å². The van der Waals surface area contributed by atoms with Gasteiger partial charge in [0, 0.05) is 19.3 Å². The third-order valence-corrected chi connectivity index (χ3v) is 15.1. The van der Waals surface area contributed by atoms with Crippen LogP contribution < -0.4 is 0 Å². The number of esters is 3. The Morgan fingerprint density at radius 2 is 0.481 bits per heavy atom. The SMILES string of the molecule is CC/C=C\C/C=C\C/C=C\C/C=C\C/C=C\C/C=C\C/C=C\C/C=C\CCCCCCC(=O)OCC(COC(=O)CCCCCCCCCCC)OC(=O)CCCCCCCCCCCCCCCCCCCCCCCCCCC. The summed E-state index contributed by atoms with van der Waals surface area (Å²) in [5, 5.41) is 0. The molecule has 1 atom stereocenters. The van der Waals surface area contributed by atoms with Gasteiger partial charge in [-0.3, -0.25) is 14.4 Å². The molecule has 0 radical (unpaired) electrons. The molecule has 0 spiro atoms. The number of ether oxygens (including phenoxy) is 3. The number of carbonyl (C=O) groups is 3. The van der Waals surface area contributed by atoms with Crippen LogP contribution in [0, 0.1) is 0 Å². The van der Waals surface area contributed by atoms with E-state index in [4.69, 9.17) is 14.2 Å². The van der Waals surface area contributed by atoms with E-state index in [1.807, 2.05) is 0 Å². The average molecular weight is 1130 g/mol. The van der Waals surface area contributed by atoms with E-state index in [9.17, 15) is 14.4 Å². The smallest absolute Gasteiger partial charge is 0.306 e. The molecule has 0 aromatic carbocycles. The van der Waals surface area contributed by atoms with E-state index in [1.54, 1.807) is 0 Å². The Bertz CT molecular complexity index is 1580. The molecule has 6 nitrogen and oxygen atoms in total. The van der Waals surface area contributed by atoms with Gasteiger partial charge in [0.1, 0.15) is 13.2 Å². The van der Waals surface area contributed by atoms with Gasteiger partial charge >= 0.3 is 17.9 Å². The Kier molecular flexibility index (Phi) is 65.7. The van der Waals surface area contributed by atoms with Gasteiger partial charge in [-0.2, -0.15) is 0 Å². The van der Waals surface area contributed by atoms with E-state index in [1.165, 1.54) is 180 Å². The first-order valence-electron chi connectivity index (χ1n) is 34.7. The molecule has 0 aliphatic heterocycles. The molecule has 0 aliphatic rings. The van der Waals surface area contributed by atoms with E-state index in [2.05, 4.69) is 118 Å². The van der Waals surface area contributed by atoms with Gasteiger partial charge < -0.3 is 14.2 Å². The quantitative estimate of drug-likeness (QED) is 0.0261. The van der Waals surface area contributed by atoms with Crippen LogP contribution in [0.15, 0.2) is 97.2 Å². The van der Waals surface area contributed by atoms with Gasteiger partial charge in [0.05, 0.1) is 0 Å². The summed E-state index contributed by atoms with van der Waals surface area (Å²) >= 11 is 0. The second-order valence-corrected chi connectivity index (χ2v) is 23.1. The van der Waals surface area contributed by atoms with E-state index in [-0.39, 0.29) is 31.1 Å². The van der Waals surface area contributed by atoms with Crippen LogP contribution in [0.4, 0.5) is 0 Å². The van der Waals surface area contributed by atoms with Crippen molar-refractivity contribution in [2.45, 2.75) is 348 Å². The lowest BCUT2D eigenvalue weighted by atomic mass is 10.0. The second kappa shape index (κ2) is 68.8. The third kappa shape index (κ3) is 67.0. The molecule has 81 heavy (non-hydrogen) atoms. The minimum atomic E-state index is -0.786. The molecule has 0 bridgehead atoms. The summed E-state index contributed by atoms with van der Waals surface area (Å²) in [6.45, 7) is 6.53. The maximum atomic E-state index is 12.9. The number of hydrogen-bond donors (Lipinski definition) is 0. The van der Waals surface area contributed by atoms with Gasteiger partial charge in [0.15, 0.2) is 6.10 Å². The fourth-order valence-corrected chi connectivity index (χ4v) is 9.93. The Morgan fingerprint density at radius 1 is 0.259 bits per heavy atom. The predicted octanol–water partition coefficient (Wildman–Crippen LogP) is 24.0. The summed E-state index contributed by atoms with van der Waals surface area (Å²) in [6, 6.07) is 0. The first-order valence-corrected chi connectivity index (χ1v) is 34.7. The summed E-state index contributed by atoms with van der Waals surface area (Å²) in [7, 11) is 0. The molecule has 0 aromatic heterocycles. The number of rotatable bonds is 63. The summed E-state index contributed by atoms with van der Waals surface area (Å²) in [5.74, 6) is -0.896. The standard InChI is InChI=1S/C75H130O6/c1-4-7-10-13-16-19-21-23-25-27-29-31-33-35-36-37-38-40-41-43-45-47-49-51-53-56-59-62-65-68-74(77)80-71-72(70-79-73(76)67-64-61-58-55-18-15-12-9-6-3)81-75(78)69-66-63-60-57-54-52-50-48-46-44-42-39-34-32-30-28-26-24-22-20-17-14-11-8-5-2/h7,10,16,19,23,25,29,31,35-36,38,40,43,45,49,51,72H,4-6,8-9,11-15,17-18,20-22,24,26-28,30,32-34,37,39,41-42,44,46-48,50,52-71H2,1-3H3/b10-7-,19-16-,25-23-,31-29-,36-35-,40-38-,45-43-,51-49-. The van der Waals surface area contributed by atoms with E-state index in [0.717, 1.165) is 122 Å². The normalized spacial score (nSPS) is 12.7. The maximum Gasteiger partial charge on any atom is 0.306 e. The van der Waals surface area contributed by atoms with Crippen LogP contribution in [0.2, 0.25) is 0 Å². The fraction of sp³-hybridized carbons (Fsp3) is 0.747. The highest BCUT2D eigenvalue weighted by Gasteiger charge is 2.19. The fourth-order valence-electron chi connectivity index (χ4n) is 9.93. The third-order valence-electron chi connectivity index (χ3n) is 15.1. The zero-order valence-corrected chi connectivity index (χ0v) is 53.5.